The maximum atomic E-state index is 14.3. The molecule has 0 spiro atoms. The van der Waals surface area contributed by atoms with Gasteiger partial charge in [0, 0.05) is 5.56 Å². The maximum absolute atomic E-state index is 14.3. The van der Waals surface area contributed by atoms with Crippen LogP contribution >= 0.6 is 0 Å². The molecule has 5 heteroatoms. The zero-order chi connectivity index (χ0) is 15.0. The summed E-state index contributed by atoms with van der Waals surface area (Å²) in [6.45, 7) is 2.71. The van der Waals surface area contributed by atoms with Gasteiger partial charge in [0.05, 0.1) is 18.9 Å². The van der Waals surface area contributed by atoms with E-state index in [9.17, 15) is 9.18 Å². The first-order chi connectivity index (χ1) is 10.1. The van der Waals surface area contributed by atoms with Crippen LogP contribution < -0.4 is 5.73 Å². The molecule has 2 heterocycles. The molecule has 2 N–H and O–H groups in total. The topological polar surface area (TPSA) is 65.2 Å². The van der Waals surface area contributed by atoms with Gasteiger partial charge >= 0.3 is 0 Å². The van der Waals surface area contributed by atoms with Crippen LogP contribution in [-0.4, -0.2) is 17.5 Å². The molecule has 0 bridgehead atoms. The van der Waals surface area contributed by atoms with E-state index in [1.165, 1.54) is 6.07 Å². The average Bonchev–Trinajstić information content (AvgIpc) is 2.46. The number of primary amides is 1. The van der Waals surface area contributed by atoms with Gasteiger partial charge in [-0.25, -0.2) is 9.37 Å². The Morgan fingerprint density at radius 2 is 2.14 bits per heavy atom. The SMILES string of the molecule is Cc1ccc(-c2cc(C(N)=O)nc3c2CCOC3)c(F)c1. The molecule has 0 fully saturated rings. The van der Waals surface area contributed by atoms with E-state index < -0.39 is 5.91 Å². The molecule has 0 aliphatic carbocycles. The van der Waals surface area contributed by atoms with Gasteiger partial charge in [0.1, 0.15) is 11.5 Å². The first-order valence-corrected chi connectivity index (χ1v) is 6.73. The van der Waals surface area contributed by atoms with Crippen molar-refractivity contribution in [2.45, 2.75) is 20.0 Å². The van der Waals surface area contributed by atoms with Crippen molar-refractivity contribution in [2.75, 3.05) is 6.61 Å². The molecule has 0 atom stereocenters. The molecule has 21 heavy (non-hydrogen) atoms. The Bertz CT molecular complexity index is 728. The van der Waals surface area contributed by atoms with E-state index in [4.69, 9.17) is 10.5 Å². The lowest BCUT2D eigenvalue weighted by molar-refractivity contribution is 0.0985. The molecule has 0 unspecified atom stereocenters. The second-order valence-electron chi connectivity index (χ2n) is 5.13. The Morgan fingerprint density at radius 3 is 2.86 bits per heavy atom. The van der Waals surface area contributed by atoms with Crippen molar-refractivity contribution in [1.82, 2.24) is 4.98 Å². The van der Waals surface area contributed by atoms with Crippen molar-refractivity contribution in [3.8, 4) is 11.1 Å². The summed E-state index contributed by atoms with van der Waals surface area (Å²) in [5.41, 5.74) is 9.02. The predicted octanol–water partition coefficient (Wildman–Crippen LogP) is 2.37. The Labute approximate surface area is 121 Å². The second-order valence-corrected chi connectivity index (χ2v) is 5.13. The lowest BCUT2D eigenvalue weighted by Gasteiger charge is -2.20. The lowest BCUT2D eigenvalue weighted by Crippen LogP contribution is -2.19. The van der Waals surface area contributed by atoms with Gasteiger partial charge in [-0.15, -0.1) is 0 Å². The first-order valence-electron chi connectivity index (χ1n) is 6.73. The average molecular weight is 286 g/mol. The Morgan fingerprint density at radius 1 is 1.33 bits per heavy atom. The fourth-order valence-corrected chi connectivity index (χ4v) is 2.57. The van der Waals surface area contributed by atoms with Crippen molar-refractivity contribution < 1.29 is 13.9 Å². The number of aryl methyl sites for hydroxylation is 1. The van der Waals surface area contributed by atoms with E-state index in [1.54, 1.807) is 12.1 Å². The van der Waals surface area contributed by atoms with Crippen LogP contribution in [0.15, 0.2) is 24.3 Å². The minimum absolute atomic E-state index is 0.134. The maximum Gasteiger partial charge on any atom is 0.267 e. The fraction of sp³-hybridized carbons (Fsp3) is 0.250. The minimum atomic E-state index is -0.628. The molecule has 1 amide bonds. The summed E-state index contributed by atoms with van der Waals surface area (Å²) in [6, 6.07) is 6.61. The molecule has 0 saturated carbocycles. The van der Waals surface area contributed by atoms with Gasteiger partial charge < -0.3 is 10.5 Å². The zero-order valence-electron chi connectivity index (χ0n) is 11.6. The van der Waals surface area contributed by atoms with Crippen molar-refractivity contribution in [1.29, 1.82) is 0 Å². The third-order valence-electron chi connectivity index (χ3n) is 3.61. The smallest absolute Gasteiger partial charge is 0.267 e. The summed E-state index contributed by atoms with van der Waals surface area (Å²) in [6.07, 6.45) is 0.643. The Kier molecular flexibility index (Phi) is 3.43. The molecule has 2 aromatic rings. The summed E-state index contributed by atoms with van der Waals surface area (Å²) in [4.78, 5) is 15.7. The molecular formula is C16H15FN2O2. The third-order valence-corrected chi connectivity index (χ3v) is 3.61. The van der Waals surface area contributed by atoms with Crippen LogP contribution in [0.3, 0.4) is 0 Å². The highest BCUT2D eigenvalue weighted by Gasteiger charge is 2.21. The van der Waals surface area contributed by atoms with Crippen molar-refractivity contribution in [2.24, 2.45) is 5.73 Å². The number of fused-ring (bicyclic) bond motifs is 1. The number of amides is 1. The standard InChI is InChI=1S/C16H15FN2O2/c1-9-2-3-10(13(17)6-9)12-7-14(16(18)20)19-15-8-21-5-4-11(12)15/h2-3,6-7H,4-5,8H2,1H3,(H2,18,20). The zero-order valence-corrected chi connectivity index (χ0v) is 11.6. The number of ether oxygens (including phenoxy) is 1. The van der Waals surface area contributed by atoms with E-state index >= 15 is 0 Å². The number of nitrogens with zero attached hydrogens (tertiary/aromatic N) is 1. The molecule has 1 aromatic heterocycles. The number of rotatable bonds is 2. The molecular weight excluding hydrogens is 271 g/mol. The highest BCUT2D eigenvalue weighted by atomic mass is 19.1. The highest BCUT2D eigenvalue weighted by Crippen LogP contribution is 2.31. The number of nitrogens with two attached hydrogens (primary N) is 1. The van der Waals surface area contributed by atoms with Crippen LogP contribution in [0.1, 0.15) is 27.3 Å². The largest absolute Gasteiger partial charge is 0.375 e. The van der Waals surface area contributed by atoms with Gasteiger partial charge in [-0.2, -0.15) is 0 Å². The van der Waals surface area contributed by atoms with E-state index in [1.807, 2.05) is 13.0 Å². The normalized spacial score (nSPS) is 13.8. The summed E-state index contributed by atoms with van der Waals surface area (Å²) in [5.74, 6) is -0.942. The van der Waals surface area contributed by atoms with E-state index in [2.05, 4.69) is 4.98 Å². The number of hydrogen-bond acceptors (Lipinski definition) is 3. The molecule has 3 rings (SSSR count). The van der Waals surface area contributed by atoms with E-state index in [0.717, 1.165) is 11.1 Å². The summed E-state index contributed by atoms with van der Waals surface area (Å²) in [5, 5.41) is 0. The third kappa shape index (κ3) is 2.52. The predicted molar refractivity (Wildman–Crippen MR) is 76.2 cm³/mol. The van der Waals surface area contributed by atoms with Crippen LogP contribution in [0.2, 0.25) is 0 Å². The Balaban J connectivity index is 2.24. The molecule has 1 aliphatic rings. The fourth-order valence-electron chi connectivity index (χ4n) is 2.57. The van der Waals surface area contributed by atoms with Crippen molar-refractivity contribution in [3.05, 3.63) is 52.6 Å². The molecule has 0 saturated heterocycles. The van der Waals surface area contributed by atoms with Gasteiger partial charge in [0.15, 0.2) is 0 Å². The molecule has 1 aromatic carbocycles. The van der Waals surface area contributed by atoms with Crippen LogP contribution in [0.4, 0.5) is 4.39 Å². The molecule has 108 valence electrons. The summed E-state index contributed by atoms with van der Waals surface area (Å²) >= 11 is 0. The minimum Gasteiger partial charge on any atom is -0.375 e. The van der Waals surface area contributed by atoms with E-state index in [0.29, 0.717) is 36.5 Å². The first kappa shape index (κ1) is 13.7. The molecule has 0 radical (unpaired) electrons. The van der Waals surface area contributed by atoms with Gasteiger partial charge in [0.2, 0.25) is 0 Å². The highest BCUT2D eigenvalue weighted by molar-refractivity contribution is 5.92. The number of carbonyl (C=O) groups excluding carboxylic acids is 1. The number of carbonyl (C=O) groups is 1. The van der Waals surface area contributed by atoms with Crippen LogP contribution in [-0.2, 0) is 17.8 Å². The number of benzene rings is 1. The van der Waals surface area contributed by atoms with Crippen LogP contribution in [0.5, 0.6) is 0 Å². The van der Waals surface area contributed by atoms with Gasteiger partial charge in [-0.05, 0) is 42.2 Å². The van der Waals surface area contributed by atoms with Gasteiger partial charge in [-0.1, -0.05) is 12.1 Å². The number of pyridine rings is 1. The van der Waals surface area contributed by atoms with Gasteiger partial charge in [-0.3, -0.25) is 4.79 Å². The number of halogens is 1. The molecule has 4 nitrogen and oxygen atoms in total. The van der Waals surface area contributed by atoms with E-state index in [-0.39, 0.29) is 11.5 Å². The number of hydrogen-bond donors (Lipinski definition) is 1. The van der Waals surface area contributed by atoms with Crippen LogP contribution in [0, 0.1) is 12.7 Å². The monoisotopic (exact) mass is 286 g/mol. The van der Waals surface area contributed by atoms with Gasteiger partial charge in [0.25, 0.3) is 5.91 Å². The van der Waals surface area contributed by atoms with Crippen molar-refractivity contribution >= 4 is 5.91 Å². The summed E-state index contributed by atoms with van der Waals surface area (Å²) in [7, 11) is 0. The van der Waals surface area contributed by atoms with Crippen LogP contribution in [0.25, 0.3) is 11.1 Å². The number of aromatic nitrogens is 1. The Hall–Kier alpha value is -2.27. The summed E-state index contributed by atoms with van der Waals surface area (Å²) < 4.78 is 19.6. The lowest BCUT2D eigenvalue weighted by atomic mass is 9.94. The quantitative estimate of drug-likeness (QED) is 0.921. The van der Waals surface area contributed by atoms with Crippen molar-refractivity contribution in [3.63, 3.8) is 0 Å². The second kappa shape index (κ2) is 5.26. The molecule has 1 aliphatic heterocycles.